The Morgan fingerprint density at radius 3 is 2.54 bits per heavy atom. The molecule has 2 N–H and O–H groups in total. The van der Waals surface area contributed by atoms with Gasteiger partial charge in [0.25, 0.3) is 5.69 Å². The molecule has 24 heavy (non-hydrogen) atoms. The van der Waals surface area contributed by atoms with Gasteiger partial charge >= 0.3 is 12.1 Å². The van der Waals surface area contributed by atoms with Crippen molar-refractivity contribution in [2.75, 3.05) is 6.54 Å². The molecule has 130 valence electrons. The zero-order chi connectivity index (χ0) is 18.0. The van der Waals surface area contributed by atoms with Gasteiger partial charge in [0.05, 0.1) is 16.9 Å². The second-order valence-corrected chi connectivity index (χ2v) is 7.42. The maximum absolute atomic E-state index is 11.5. The molecule has 0 spiro atoms. The van der Waals surface area contributed by atoms with Crippen LogP contribution in [0.15, 0.2) is 23.1 Å². The lowest BCUT2D eigenvalue weighted by molar-refractivity contribution is -0.385. The molecule has 0 aliphatic carbocycles. The fraction of sp³-hybridized carbons (Fsp3) is 0.467. The molecule has 2 rings (SSSR count). The first-order valence-corrected chi connectivity index (χ1v) is 8.27. The summed E-state index contributed by atoms with van der Waals surface area (Å²) in [4.78, 5) is 35.3. The summed E-state index contributed by atoms with van der Waals surface area (Å²) < 4.78 is 0. The lowest BCUT2D eigenvalue weighted by atomic mass is 9.93. The first-order valence-electron chi connectivity index (χ1n) is 7.39. The van der Waals surface area contributed by atoms with Gasteiger partial charge in [0.2, 0.25) is 0 Å². The number of nitro groups is 1. The van der Waals surface area contributed by atoms with Crippen molar-refractivity contribution in [2.45, 2.75) is 36.5 Å². The number of hydrogen-bond acceptors (Lipinski definition) is 5. The average molecular weight is 354 g/mol. The molecule has 0 aromatic heterocycles. The maximum Gasteiger partial charge on any atom is 0.407 e. The van der Waals surface area contributed by atoms with E-state index in [0.29, 0.717) is 10.5 Å². The van der Waals surface area contributed by atoms with Gasteiger partial charge in [-0.05, 0) is 18.1 Å². The van der Waals surface area contributed by atoms with Crippen molar-refractivity contribution in [3.8, 4) is 0 Å². The standard InChI is InChI=1S/C15H18N2O6S/c1-8(2)24-12-4-3-9(17(22)23)7-11(12)13-10(14(18)19)5-6-16(13)15(20)21/h3-4,7-8,10,13H,5-6H2,1-2H3,(H,18,19)(H,20,21). The Kier molecular flexibility index (Phi) is 5.33. The summed E-state index contributed by atoms with van der Waals surface area (Å²) in [5, 5.41) is 30.1. The minimum Gasteiger partial charge on any atom is -0.481 e. The van der Waals surface area contributed by atoms with Crippen molar-refractivity contribution in [1.29, 1.82) is 0 Å². The monoisotopic (exact) mass is 354 g/mol. The quantitative estimate of drug-likeness (QED) is 0.473. The molecule has 1 saturated heterocycles. The number of non-ortho nitro benzene ring substituents is 1. The Morgan fingerprint density at radius 1 is 1.38 bits per heavy atom. The van der Waals surface area contributed by atoms with Gasteiger partial charge in [0, 0.05) is 28.8 Å². The third kappa shape index (κ3) is 3.61. The first-order chi connectivity index (χ1) is 11.2. The number of hydrogen-bond donors (Lipinski definition) is 2. The molecule has 2 atom stereocenters. The van der Waals surface area contributed by atoms with Crippen molar-refractivity contribution in [3.05, 3.63) is 33.9 Å². The number of rotatable bonds is 5. The Morgan fingerprint density at radius 2 is 2.04 bits per heavy atom. The zero-order valence-electron chi connectivity index (χ0n) is 13.2. The zero-order valence-corrected chi connectivity index (χ0v) is 14.0. The van der Waals surface area contributed by atoms with E-state index >= 15 is 0 Å². The van der Waals surface area contributed by atoms with Crippen LogP contribution in [0, 0.1) is 16.0 Å². The summed E-state index contributed by atoms with van der Waals surface area (Å²) in [6.07, 6.45) is -1.04. The first kappa shape index (κ1) is 18.1. The van der Waals surface area contributed by atoms with E-state index in [1.165, 1.54) is 23.9 Å². The molecular formula is C15H18N2O6S. The molecular weight excluding hydrogens is 336 g/mol. The summed E-state index contributed by atoms with van der Waals surface area (Å²) >= 11 is 1.42. The smallest absolute Gasteiger partial charge is 0.407 e. The van der Waals surface area contributed by atoms with E-state index in [9.17, 15) is 29.9 Å². The summed E-state index contributed by atoms with van der Waals surface area (Å²) in [5.41, 5.74) is 0.203. The van der Waals surface area contributed by atoms with Crippen LogP contribution >= 0.6 is 11.8 Å². The van der Waals surface area contributed by atoms with Crippen LogP contribution in [0.2, 0.25) is 0 Å². The number of carboxylic acid groups (broad SMARTS) is 2. The largest absolute Gasteiger partial charge is 0.481 e. The lowest BCUT2D eigenvalue weighted by Crippen LogP contribution is -2.32. The summed E-state index contributed by atoms with van der Waals surface area (Å²) in [7, 11) is 0. The lowest BCUT2D eigenvalue weighted by Gasteiger charge is -2.26. The van der Waals surface area contributed by atoms with Crippen molar-refractivity contribution >= 4 is 29.5 Å². The van der Waals surface area contributed by atoms with Crippen molar-refractivity contribution < 1.29 is 24.7 Å². The van der Waals surface area contributed by atoms with E-state index in [0.717, 1.165) is 4.90 Å². The van der Waals surface area contributed by atoms with Gasteiger partial charge in [-0.25, -0.2) is 4.79 Å². The van der Waals surface area contributed by atoms with Gasteiger partial charge < -0.3 is 15.1 Å². The van der Waals surface area contributed by atoms with Crippen LogP contribution < -0.4 is 0 Å². The van der Waals surface area contributed by atoms with Gasteiger partial charge in [0.15, 0.2) is 0 Å². The average Bonchev–Trinajstić information content (AvgIpc) is 2.91. The third-order valence-corrected chi connectivity index (χ3v) is 4.94. The summed E-state index contributed by atoms with van der Waals surface area (Å²) in [6.45, 7) is 3.97. The van der Waals surface area contributed by atoms with E-state index in [4.69, 9.17) is 0 Å². The molecule has 1 aliphatic rings. The molecule has 0 bridgehead atoms. The van der Waals surface area contributed by atoms with Crippen LogP contribution in [-0.2, 0) is 4.79 Å². The topological polar surface area (TPSA) is 121 Å². The minimum absolute atomic E-state index is 0.0887. The van der Waals surface area contributed by atoms with Gasteiger partial charge in [0.1, 0.15) is 0 Å². The molecule has 1 fully saturated rings. The van der Waals surface area contributed by atoms with Crippen LogP contribution in [-0.4, -0.2) is 43.9 Å². The van der Waals surface area contributed by atoms with E-state index in [-0.39, 0.29) is 23.9 Å². The van der Waals surface area contributed by atoms with E-state index in [2.05, 4.69) is 0 Å². The number of nitrogens with zero attached hydrogens (tertiary/aromatic N) is 2. The van der Waals surface area contributed by atoms with E-state index in [1.54, 1.807) is 6.07 Å². The van der Waals surface area contributed by atoms with Crippen LogP contribution in [0.5, 0.6) is 0 Å². The maximum atomic E-state index is 11.5. The molecule has 9 heteroatoms. The highest BCUT2D eigenvalue weighted by Crippen LogP contribution is 2.43. The molecule has 1 heterocycles. The Bertz CT molecular complexity index is 656. The fourth-order valence-corrected chi connectivity index (χ4v) is 3.86. The number of amides is 1. The minimum atomic E-state index is -1.23. The van der Waals surface area contributed by atoms with Crippen LogP contribution in [0.3, 0.4) is 0 Å². The van der Waals surface area contributed by atoms with Crippen molar-refractivity contribution in [1.82, 2.24) is 4.90 Å². The normalized spacial score (nSPS) is 20.4. The second kappa shape index (κ2) is 7.08. The SMILES string of the molecule is CC(C)Sc1ccc([N+](=O)[O-])cc1C1C(C(=O)O)CCN1C(=O)O. The number of benzene rings is 1. The third-order valence-electron chi connectivity index (χ3n) is 3.85. The molecule has 1 aromatic carbocycles. The van der Waals surface area contributed by atoms with Crippen LogP contribution in [0.1, 0.15) is 31.9 Å². The van der Waals surface area contributed by atoms with Crippen LogP contribution in [0.25, 0.3) is 0 Å². The Hall–Kier alpha value is -2.29. The molecule has 1 amide bonds. The predicted molar refractivity (Wildman–Crippen MR) is 87.3 cm³/mol. The predicted octanol–water partition coefficient (Wildman–Crippen LogP) is 3.22. The van der Waals surface area contributed by atoms with Crippen LogP contribution in [0.4, 0.5) is 10.5 Å². The van der Waals surface area contributed by atoms with E-state index < -0.39 is 28.9 Å². The molecule has 2 unspecified atom stereocenters. The van der Waals surface area contributed by atoms with Crippen molar-refractivity contribution in [2.24, 2.45) is 5.92 Å². The number of carbonyl (C=O) groups is 2. The Labute approximate surface area is 142 Å². The highest BCUT2D eigenvalue weighted by molar-refractivity contribution is 8.00. The highest BCUT2D eigenvalue weighted by Gasteiger charge is 2.43. The Balaban J connectivity index is 2.59. The van der Waals surface area contributed by atoms with E-state index in [1.807, 2.05) is 13.8 Å². The number of thioether (sulfide) groups is 1. The second-order valence-electron chi connectivity index (χ2n) is 5.80. The number of likely N-dealkylation sites (tertiary alicyclic amines) is 1. The number of carboxylic acids is 1. The molecule has 1 aromatic rings. The number of nitro benzene ring substituents is 1. The molecule has 8 nitrogen and oxygen atoms in total. The molecule has 1 aliphatic heterocycles. The van der Waals surface area contributed by atoms with Crippen molar-refractivity contribution in [3.63, 3.8) is 0 Å². The summed E-state index contributed by atoms with van der Waals surface area (Å²) in [6, 6.07) is 3.28. The summed E-state index contributed by atoms with van der Waals surface area (Å²) in [5.74, 6) is -2.02. The fourth-order valence-electron chi connectivity index (χ4n) is 2.89. The highest BCUT2D eigenvalue weighted by atomic mass is 32.2. The van der Waals surface area contributed by atoms with Gasteiger partial charge in [-0.15, -0.1) is 11.8 Å². The number of aliphatic carboxylic acids is 1. The molecule has 0 radical (unpaired) electrons. The molecule has 0 saturated carbocycles. The van der Waals surface area contributed by atoms with Gasteiger partial charge in [-0.2, -0.15) is 0 Å². The van der Waals surface area contributed by atoms with Gasteiger partial charge in [-0.3, -0.25) is 14.9 Å². The van der Waals surface area contributed by atoms with Gasteiger partial charge in [-0.1, -0.05) is 13.8 Å².